The van der Waals surface area contributed by atoms with Crippen LogP contribution in [0.25, 0.3) is 0 Å². The van der Waals surface area contributed by atoms with Gasteiger partial charge in [-0.2, -0.15) is 0 Å². The first-order valence-electron chi connectivity index (χ1n) is 11.5. The number of thiazole rings is 1. The molecule has 4 amide bonds. The third-order valence-electron chi connectivity index (χ3n) is 5.94. The molecule has 0 bridgehead atoms. The number of Topliss-reactive ketones (excluding diaryl/α,β-unsaturated/α-hetero) is 1. The smallest absolute Gasteiger partial charge is 0.325 e. The van der Waals surface area contributed by atoms with Gasteiger partial charge in [-0.05, 0) is 30.2 Å². The van der Waals surface area contributed by atoms with Gasteiger partial charge in [0.2, 0.25) is 5.91 Å². The largest absolute Gasteiger partial charge is 0.494 e. The molecule has 1 aliphatic rings. The molecular weight excluding hydrogens is 480 g/mol. The fourth-order valence-electron chi connectivity index (χ4n) is 4.09. The number of anilines is 1. The Labute approximate surface area is 212 Å². The molecule has 1 fully saturated rings. The first-order chi connectivity index (χ1) is 17.3. The number of hydrogen-bond acceptors (Lipinski definition) is 7. The van der Waals surface area contributed by atoms with Gasteiger partial charge in [0.15, 0.2) is 10.9 Å². The van der Waals surface area contributed by atoms with Crippen LogP contribution in [0.4, 0.5) is 9.93 Å². The van der Waals surface area contributed by atoms with E-state index in [0.717, 1.165) is 21.8 Å². The maximum atomic E-state index is 13.5. The van der Waals surface area contributed by atoms with E-state index in [-0.39, 0.29) is 16.6 Å². The van der Waals surface area contributed by atoms with E-state index in [9.17, 15) is 19.2 Å². The van der Waals surface area contributed by atoms with Gasteiger partial charge >= 0.3 is 6.03 Å². The number of aromatic nitrogens is 1. The number of ether oxygens (including phenoxy) is 1. The molecule has 2 N–H and O–H groups in total. The predicted molar refractivity (Wildman–Crippen MR) is 135 cm³/mol. The van der Waals surface area contributed by atoms with Crippen molar-refractivity contribution < 1.29 is 23.9 Å². The van der Waals surface area contributed by atoms with Crippen molar-refractivity contribution in [3.63, 3.8) is 0 Å². The Balaban J connectivity index is 1.64. The summed E-state index contributed by atoms with van der Waals surface area (Å²) in [6.45, 7) is 5.55. The topological polar surface area (TPSA) is 118 Å². The molecule has 36 heavy (non-hydrogen) atoms. The quantitative estimate of drug-likeness (QED) is 0.333. The Hall–Kier alpha value is -4.05. The lowest BCUT2D eigenvalue weighted by molar-refractivity contribution is -0.134. The average Bonchev–Trinajstić information content (AvgIpc) is 3.45. The van der Waals surface area contributed by atoms with Crippen molar-refractivity contribution >= 4 is 40.1 Å². The fraction of sp³-hybridized carbons (Fsp3) is 0.269. The summed E-state index contributed by atoms with van der Waals surface area (Å²) in [5.74, 6) is -1.21. The van der Waals surface area contributed by atoms with Gasteiger partial charge in [0, 0.05) is 18.2 Å². The molecule has 3 unspecified atom stereocenters. The summed E-state index contributed by atoms with van der Waals surface area (Å²) in [4.78, 5) is 56.9. The summed E-state index contributed by atoms with van der Waals surface area (Å²) in [6, 6.07) is 13.3. The summed E-state index contributed by atoms with van der Waals surface area (Å²) < 4.78 is 5.45. The van der Waals surface area contributed by atoms with Crippen LogP contribution in [0.15, 0.2) is 60.0 Å². The normalized spacial score (nSPS) is 16.9. The van der Waals surface area contributed by atoms with Crippen LogP contribution in [0.1, 0.15) is 54.3 Å². The molecule has 4 rings (SSSR count). The van der Waals surface area contributed by atoms with E-state index >= 15 is 0 Å². The van der Waals surface area contributed by atoms with Crippen molar-refractivity contribution in [2.75, 3.05) is 11.9 Å². The van der Waals surface area contributed by atoms with Gasteiger partial charge in [-0.15, -0.1) is 11.3 Å². The number of ketones is 1. The van der Waals surface area contributed by atoms with Crippen molar-refractivity contribution in [1.82, 2.24) is 15.2 Å². The van der Waals surface area contributed by atoms with Gasteiger partial charge < -0.3 is 15.4 Å². The average molecular weight is 507 g/mol. The molecule has 186 valence electrons. The van der Waals surface area contributed by atoms with Crippen LogP contribution in [0.5, 0.6) is 5.75 Å². The Morgan fingerprint density at radius 3 is 2.44 bits per heavy atom. The van der Waals surface area contributed by atoms with Crippen molar-refractivity contribution in [2.45, 2.75) is 38.8 Å². The second-order valence-corrected chi connectivity index (χ2v) is 9.18. The first-order valence-corrected chi connectivity index (χ1v) is 12.4. The molecular formula is C26H26N4O5S. The van der Waals surface area contributed by atoms with Gasteiger partial charge in [0.05, 0.1) is 6.61 Å². The molecule has 0 radical (unpaired) electrons. The molecule has 0 saturated carbocycles. The zero-order valence-electron chi connectivity index (χ0n) is 20.1. The summed E-state index contributed by atoms with van der Waals surface area (Å²) >= 11 is 1.10. The number of benzene rings is 2. The van der Waals surface area contributed by atoms with Gasteiger partial charge in [-0.25, -0.2) is 14.7 Å². The standard InChI is InChI=1S/C26H26N4O5S/c1-4-35-19-12-10-18(11-13-19)21-24(33)30(26(34)28-21)22(15(2)17-8-6-5-7-9-17)23(32)29-25-27-20(14-36-25)16(3)31/h5-15,21-22H,4H2,1-3H3,(H,28,34)(H,27,29,32). The zero-order valence-corrected chi connectivity index (χ0v) is 20.9. The van der Waals surface area contributed by atoms with Gasteiger partial charge in [-0.3, -0.25) is 14.4 Å². The fourth-order valence-corrected chi connectivity index (χ4v) is 4.84. The Morgan fingerprint density at radius 2 is 1.83 bits per heavy atom. The number of hydrogen-bond donors (Lipinski definition) is 2. The Bertz CT molecular complexity index is 1280. The zero-order chi connectivity index (χ0) is 25.8. The van der Waals surface area contributed by atoms with Gasteiger partial charge in [0.1, 0.15) is 23.5 Å². The summed E-state index contributed by atoms with van der Waals surface area (Å²) in [7, 11) is 0. The molecule has 3 aromatic rings. The molecule has 10 heteroatoms. The summed E-state index contributed by atoms with van der Waals surface area (Å²) in [5.41, 5.74) is 1.59. The predicted octanol–water partition coefficient (Wildman–Crippen LogP) is 4.15. The summed E-state index contributed by atoms with van der Waals surface area (Å²) in [6.07, 6.45) is 0. The van der Waals surface area contributed by atoms with E-state index < -0.39 is 35.8 Å². The molecule has 0 spiro atoms. The lowest BCUT2D eigenvalue weighted by Crippen LogP contribution is -2.50. The van der Waals surface area contributed by atoms with E-state index in [1.54, 1.807) is 36.6 Å². The van der Waals surface area contributed by atoms with Gasteiger partial charge in [-0.1, -0.05) is 49.4 Å². The van der Waals surface area contributed by atoms with E-state index in [1.807, 2.05) is 37.3 Å². The molecule has 1 aliphatic heterocycles. The molecule has 1 saturated heterocycles. The van der Waals surface area contributed by atoms with Crippen LogP contribution in [-0.2, 0) is 9.59 Å². The number of amides is 4. The molecule has 0 aliphatic carbocycles. The van der Waals surface area contributed by atoms with E-state index in [0.29, 0.717) is 17.9 Å². The number of rotatable bonds is 9. The minimum atomic E-state index is -1.16. The summed E-state index contributed by atoms with van der Waals surface area (Å²) in [5, 5.41) is 7.15. The maximum Gasteiger partial charge on any atom is 0.325 e. The third-order valence-corrected chi connectivity index (χ3v) is 6.69. The van der Waals surface area contributed by atoms with Crippen molar-refractivity contribution in [3.05, 3.63) is 76.8 Å². The minimum absolute atomic E-state index is 0.213. The van der Waals surface area contributed by atoms with Crippen molar-refractivity contribution in [3.8, 4) is 5.75 Å². The van der Waals surface area contributed by atoms with Crippen LogP contribution in [0, 0.1) is 0 Å². The number of carbonyl (C=O) groups excluding carboxylic acids is 4. The Morgan fingerprint density at radius 1 is 1.14 bits per heavy atom. The number of nitrogens with zero attached hydrogens (tertiary/aromatic N) is 2. The number of nitrogens with one attached hydrogen (secondary N) is 2. The van der Waals surface area contributed by atoms with E-state index in [2.05, 4.69) is 15.6 Å². The van der Waals surface area contributed by atoms with Crippen molar-refractivity contribution in [2.24, 2.45) is 0 Å². The highest BCUT2D eigenvalue weighted by Gasteiger charge is 2.47. The minimum Gasteiger partial charge on any atom is -0.494 e. The van der Waals surface area contributed by atoms with Crippen LogP contribution >= 0.6 is 11.3 Å². The molecule has 1 aromatic heterocycles. The first kappa shape index (κ1) is 25.1. The molecule has 2 heterocycles. The van der Waals surface area contributed by atoms with E-state index in [4.69, 9.17) is 4.74 Å². The van der Waals surface area contributed by atoms with Crippen LogP contribution in [0.2, 0.25) is 0 Å². The maximum absolute atomic E-state index is 13.5. The monoisotopic (exact) mass is 506 g/mol. The van der Waals surface area contributed by atoms with Crippen LogP contribution in [-0.4, -0.2) is 46.2 Å². The van der Waals surface area contributed by atoms with Crippen molar-refractivity contribution in [1.29, 1.82) is 0 Å². The number of carbonyl (C=O) groups is 4. The highest BCUT2D eigenvalue weighted by Crippen LogP contribution is 2.32. The Kier molecular flexibility index (Phi) is 7.44. The van der Waals surface area contributed by atoms with Crippen LogP contribution < -0.4 is 15.4 Å². The number of imide groups is 1. The third kappa shape index (κ3) is 5.13. The highest BCUT2D eigenvalue weighted by atomic mass is 32.1. The van der Waals surface area contributed by atoms with E-state index in [1.165, 1.54) is 6.92 Å². The lowest BCUT2D eigenvalue weighted by atomic mass is 9.91. The SMILES string of the molecule is CCOc1ccc(C2NC(=O)N(C(C(=O)Nc3nc(C(C)=O)cs3)C(C)c3ccccc3)C2=O)cc1. The lowest BCUT2D eigenvalue weighted by Gasteiger charge is -2.29. The van der Waals surface area contributed by atoms with Crippen LogP contribution in [0.3, 0.4) is 0 Å². The molecule has 9 nitrogen and oxygen atoms in total. The highest BCUT2D eigenvalue weighted by molar-refractivity contribution is 7.14. The molecule has 2 aromatic carbocycles. The van der Waals surface area contributed by atoms with Gasteiger partial charge in [0.25, 0.3) is 5.91 Å². The number of urea groups is 1. The second kappa shape index (κ2) is 10.7. The second-order valence-electron chi connectivity index (χ2n) is 8.32. The molecule has 3 atom stereocenters.